The van der Waals surface area contributed by atoms with E-state index < -0.39 is 13.9 Å². The van der Waals surface area contributed by atoms with Gasteiger partial charge in [-0.05, 0) is 12.8 Å². The predicted molar refractivity (Wildman–Crippen MR) is 179 cm³/mol. The van der Waals surface area contributed by atoms with Crippen molar-refractivity contribution < 1.29 is 33.1 Å². The Hall–Kier alpha value is -0.460. The molecule has 1 unspecified atom stereocenters. The predicted octanol–water partition coefficient (Wildman–Crippen LogP) is 11.0. The molecule has 0 aliphatic heterocycles. The highest BCUT2D eigenvalue weighted by molar-refractivity contribution is 7.46. The summed E-state index contributed by atoms with van der Waals surface area (Å²) in [7, 11) is -4.64. The van der Waals surface area contributed by atoms with Gasteiger partial charge in [0.1, 0.15) is 6.10 Å². The number of ether oxygens (including phenoxy) is 2. The quantitative estimate of drug-likeness (QED) is 0.0406. The van der Waals surface area contributed by atoms with E-state index in [0.717, 1.165) is 32.1 Å². The highest BCUT2D eigenvalue weighted by Crippen LogP contribution is 2.36. The summed E-state index contributed by atoms with van der Waals surface area (Å²) in [6.07, 6.45) is 33.8. The molecule has 0 bridgehead atoms. The Balaban J connectivity index is 3.77. The number of rotatable bonds is 35. The summed E-state index contributed by atoms with van der Waals surface area (Å²) < 4.78 is 26.9. The van der Waals surface area contributed by atoms with Crippen LogP contribution in [0, 0.1) is 0 Å². The van der Waals surface area contributed by atoms with Crippen molar-refractivity contribution in [2.24, 2.45) is 0 Å². The molecular formula is C35H71O7P. The number of hydrogen-bond donors (Lipinski definition) is 2. The lowest BCUT2D eigenvalue weighted by Gasteiger charge is -2.18. The average Bonchev–Trinajstić information content (AvgIpc) is 2.97. The minimum Gasteiger partial charge on any atom is -0.457 e. The Morgan fingerprint density at radius 3 is 1.26 bits per heavy atom. The molecular weight excluding hydrogens is 563 g/mol. The smallest absolute Gasteiger partial charge is 0.457 e. The number of carbonyl (C=O) groups is 1. The maximum Gasteiger partial charge on any atom is 0.469 e. The Morgan fingerprint density at radius 1 is 0.535 bits per heavy atom. The van der Waals surface area contributed by atoms with Crippen molar-refractivity contribution >= 4 is 13.8 Å². The number of esters is 1. The molecule has 0 radical (unpaired) electrons. The van der Waals surface area contributed by atoms with Gasteiger partial charge in [-0.25, -0.2) is 4.57 Å². The van der Waals surface area contributed by atoms with Gasteiger partial charge in [-0.15, -0.1) is 0 Å². The first-order valence-electron chi connectivity index (χ1n) is 18.4. The van der Waals surface area contributed by atoms with E-state index in [0.29, 0.717) is 13.0 Å². The van der Waals surface area contributed by atoms with Gasteiger partial charge >= 0.3 is 13.8 Å². The van der Waals surface area contributed by atoms with Gasteiger partial charge in [-0.2, -0.15) is 0 Å². The van der Waals surface area contributed by atoms with E-state index in [1.807, 2.05) is 0 Å². The fourth-order valence-electron chi connectivity index (χ4n) is 5.44. The third kappa shape index (κ3) is 35.9. The lowest BCUT2D eigenvalue weighted by atomic mass is 10.0. The van der Waals surface area contributed by atoms with E-state index in [4.69, 9.17) is 19.3 Å². The standard InChI is InChI=1S/C35H71O7P/c1-3-5-7-9-11-13-15-16-17-18-19-21-23-25-27-29-31-40-32-34(33-41-43(37,38)39)42-35(36)30-28-26-24-22-20-14-12-10-8-6-4-2/h34H,3-33H2,1-2H3,(H2,37,38,39). The minimum absolute atomic E-state index is 0.0860. The monoisotopic (exact) mass is 634 g/mol. The molecule has 0 heterocycles. The molecule has 0 spiro atoms. The first-order chi connectivity index (χ1) is 20.9. The molecule has 1 atom stereocenters. The molecule has 0 saturated heterocycles. The Bertz CT molecular complexity index is 625. The minimum atomic E-state index is -4.64. The van der Waals surface area contributed by atoms with Gasteiger partial charge < -0.3 is 19.3 Å². The van der Waals surface area contributed by atoms with Crippen LogP contribution in [0.4, 0.5) is 0 Å². The second-order valence-electron chi connectivity index (χ2n) is 12.6. The highest BCUT2D eigenvalue weighted by atomic mass is 31.2. The van der Waals surface area contributed by atoms with E-state index in [1.165, 1.54) is 141 Å². The number of unbranched alkanes of at least 4 members (excludes halogenated alkanes) is 25. The Labute approximate surface area is 266 Å². The summed E-state index contributed by atoms with van der Waals surface area (Å²) in [4.78, 5) is 30.4. The summed E-state index contributed by atoms with van der Waals surface area (Å²) in [5.41, 5.74) is 0. The van der Waals surface area contributed by atoms with Crippen LogP contribution in [0.3, 0.4) is 0 Å². The number of carbonyl (C=O) groups excluding carboxylic acids is 1. The second-order valence-corrected chi connectivity index (χ2v) is 13.8. The topological polar surface area (TPSA) is 102 Å². The molecule has 0 amide bonds. The van der Waals surface area contributed by atoms with Gasteiger partial charge in [0.2, 0.25) is 0 Å². The summed E-state index contributed by atoms with van der Waals surface area (Å²) in [6.45, 7) is 4.77. The van der Waals surface area contributed by atoms with E-state index in [-0.39, 0.29) is 19.2 Å². The maximum atomic E-state index is 12.3. The van der Waals surface area contributed by atoms with Crippen LogP contribution >= 0.6 is 7.82 Å². The molecule has 43 heavy (non-hydrogen) atoms. The number of hydrogen-bond acceptors (Lipinski definition) is 5. The van der Waals surface area contributed by atoms with E-state index in [2.05, 4.69) is 18.4 Å². The molecule has 0 aromatic rings. The molecule has 258 valence electrons. The SMILES string of the molecule is CCCCCCCCCCCCCCCCCCOCC(COP(=O)(O)O)OC(=O)CCCCCCCCCCCCC. The van der Waals surface area contributed by atoms with Crippen molar-refractivity contribution in [1.29, 1.82) is 0 Å². The first-order valence-corrected chi connectivity index (χ1v) is 19.9. The summed E-state index contributed by atoms with van der Waals surface area (Å²) in [5, 5.41) is 0. The Kier molecular flexibility index (Phi) is 32.6. The van der Waals surface area contributed by atoms with Crippen molar-refractivity contribution in [3.63, 3.8) is 0 Å². The normalized spacial score (nSPS) is 12.6. The molecule has 2 N–H and O–H groups in total. The van der Waals surface area contributed by atoms with Crippen LogP contribution in [0.1, 0.15) is 194 Å². The first kappa shape index (κ1) is 42.5. The van der Waals surface area contributed by atoms with Crippen molar-refractivity contribution in [2.45, 2.75) is 200 Å². The number of phosphoric ester groups is 1. The fourth-order valence-corrected chi connectivity index (χ4v) is 5.80. The zero-order chi connectivity index (χ0) is 31.7. The van der Waals surface area contributed by atoms with E-state index in [9.17, 15) is 9.36 Å². The lowest BCUT2D eigenvalue weighted by molar-refractivity contribution is -0.154. The van der Waals surface area contributed by atoms with Gasteiger partial charge in [-0.1, -0.05) is 174 Å². The van der Waals surface area contributed by atoms with Gasteiger partial charge in [0.15, 0.2) is 0 Å². The summed E-state index contributed by atoms with van der Waals surface area (Å²) in [5.74, 6) is -0.360. The van der Waals surface area contributed by atoms with Crippen LogP contribution in [-0.4, -0.2) is 41.7 Å². The fraction of sp³-hybridized carbons (Fsp3) is 0.971. The van der Waals surface area contributed by atoms with Gasteiger partial charge in [0.05, 0.1) is 13.2 Å². The molecule has 7 nitrogen and oxygen atoms in total. The van der Waals surface area contributed by atoms with Crippen LogP contribution in [0.2, 0.25) is 0 Å². The molecule has 0 aromatic heterocycles. The van der Waals surface area contributed by atoms with Crippen LogP contribution in [0.25, 0.3) is 0 Å². The zero-order valence-electron chi connectivity index (χ0n) is 28.4. The molecule has 0 rings (SSSR count). The molecule has 8 heteroatoms. The zero-order valence-corrected chi connectivity index (χ0v) is 29.3. The third-order valence-corrected chi connectivity index (χ3v) is 8.64. The van der Waals surface area contributed by atoms with E-state index >= 15 is 0 Å². The Morgan fingerprint density at radius 2 is 0.884 bits per heavy atom. The number of phosphoric acid groups is 1. The summed E-state index contributed by atoms with van der Waals surface area (Å²) in [6, 6.07) is 0. The van der Waals surface area contributed by atoms with Crippen LogP contribution in [0.5, 0.6) is 0 Å². The third-order valence-electron chi connectivity index (χ3n) is 8.16. The average molecular weight is 635 g/mol. The molecule has 0 aliphatic carbocycles. The molecule has 0 saturated carbocycles. The van der Waals surface area contributed by atoms with Crippen LogP contribution in [-0.2, 0) is 23.4 Å². The molecule has 0 aliphatic rings. The van der Waals surface area contributed by atoms with Crippen molar-refractivity contribution in [3.05, 3.63) is 0 Å². The highest BCUT2D eigenvalue weighted by Gasteiger charge is 2.21. The molecule has 0 fully saturated rings. The van der Waals surface area contributed by atoms with Gasteiger partial charge in [0, 0.05) is 13.0 Å². The van der Waals surface area contributed by atoms with Crippen LogP contribution < -0.4 is 0 Å². The second kappa shape index (κ2) is 32.9. The maximum absolute atomic E-state index is 12.3. The van der Waals surface area contributed by atoms with Crippen molar-refractivity contribution in [2.75, 3.05) is 19.8 Å². The van der Waals surface area contributed by atoms with Gasteiger partial charge in [-0.3, -0.25) is 9.32 Å². The lowest BCUT2D eigenvalue weighted by Crippen LogP contribution is -2.28. The van der Waals surface area contributed by atoms with Crippen LogP contribution in [0.15, 0.2) is 0 Å². The van der Waals surface area contributed by atoms with Crippen molar-refractivity contribution in [3.8, 4) is 0 Å². The molecule has 0 aromatic carbocycles. The van der Waals surface area contributed by atoms with Gasteiger partial charge in [0.25, 0.3) is 0 Å². The summed E-state index contributed by atoms with van der Waals surface area (Å²) >= 11 is 0. The van der Waals surface area contributed by atoms with Crippen molar-refractivity contribution in [1.82, 2.24) is 0 Å². The van der Waals surface area contributed by atoms with E-state index in [1.54, 1.807) is 0 Å². The largest absolute Gasteiger partial charge is 0.469 e.